The Bertz CT molecular complexity index is 244. The lowest BCUT2D eigenvalue weighted by atomic mass is 10.4. The van der Waals surface area contributed by atoms with Crippen LogP contribution in [-0.4, -0.2) is 79.1 Å². The van der Waals surface area contributed by atoms with Gasteiger partial charge in [0.1, 0.15) is 15.4 Å². The van der Waals surface area contributed by atoms with Crippen molar-refractivity contribution >= 4 is 15.5 Å². The zero-order valence-corrected chi connectivity index (χ0v) is 14.3. The summed E-state index contributed by atoms with van der Waals surface area (Å²) in [5, 5.41) is 0. The van der Waals surface area contributed by atoms with Crippen molar-refractivity contribution in [1.29, 1.82) is 0 Å². The van der Waals surface area contributed by atoms with Gasteiger partial charge in [-0.2, -0.15) is 0 Å². The minimum atomic E-state index is -0.0199. The molecule has 0 aromatic heterocycles. The monoisotopic (exact) mass is 287 g/mol. The average molecular weight is 287 g/mol. The van der Waals surface area contributed by atoms with E-state index < -0.39 is 0 Å². The van der Waals surface area contributed by atoms with Gasteiger partial charge in [-0.15, -0.1) is 0 Å². The van der Waals surface area contributed by atoms with Gasteiger partial charge in [-0.3, -0.25) is 4.99 Å². The van der Waals surface area contributed by atoms with Gasteiger partial charge in [-0.05, 0) is 20.3 Å². The van der Waals surface area contributed by atoms with E-state index in [1.165, 1.54) is 0 Å². The summed E-state index contributed by atoms with van der Waals surface area (Å²) in [4.78, 5) is 8.50. The lowest BCUT2D eigenvalue weighted by molar-refractivity contribution is -0.0827. The first-order valence-corrected chi connectivity index (χ1v) is 8.17. The molecule has 0 aliphatic rings. The SMILES string of the molecule is CCOC(OCC)[Si]CCCN(C)C(=NC)N(C)C. The number of ether oxygens (including phenoxy) is 2. The first kappa shape index (κ1) is 18.4. The van der Waals surface area contributed by atoms with Crippen molar-refractivity contribution in [3.05, 3.63) is 0 Å². The normalized spacial score (nSPS) is 12.1. The van der Waals surface area contributed by atoms with E-state index in [1.807, 2.05) is 39.9 Å². The Hall–Kier alpha value is -0.593. The third-order valence-corrected chi connectivity index (χ3v) is 3.87. The Morgan fingerprint density at radius 1 is 1.16 bits per heavy atom. The first-order valence-electron chi connectivity index (χ1n) is 6.88. The van der Waals surface area contributed by atoms with E-state index in [4.69, 9.17) is 9.47 Å². The number of guanidine groups is 1. The smallest absolute Gasteiger partial charge is 0.195 e. The zero-order chi connectivity index (χ0) is 14.7. The molecule has 0 saturated heterocycles. The molecule has 0 spiro atoms. The Kier molecular flexibility index (Phi) is 10.9. The van der Waals surface area contributed by atoms with Crippen LogP contribution in [0.3, 0.4) is 0 Å². The van der Waals surface area contributed by atoms with E-state index in [0.29, 0.717) is 22.7 Å². The molecule has 0 rings (SSSR count). The second-order valence-corrected chi connectivity index (χ2v) is 5.77. The van der Waals surface area contributed by atoms with Gasteiger partial charge in [0.15, 0.2) is 5.96 Å². The van der Waals surface area contributed by atoms with Crippen molar-refractivity contribution < 1.29 is 9.47 Å². The third-order valence-electron chi connectivity index (χ3n) is 2.56. The van der Waals surface area contributed by atoms with Crippen molar-refractivity contribution in [2.75, 3.05) is 47.9 Å². The van der Waals surface area contributed by atoms with Crippen LogP contribution in [0.25, 0.3) is 0 Å². The van der Waals surface area contributed by atoms with Crippen LogP contribution in [0.5, 0.6) is 0 Å². The second-order valence-electron chi connectivity index (χ2n) is 4.39. The molecule has 0 bridgehead atoms. The van der Waals surface area contributed by atoms with Gasteiger partial charge in [0, 0.05) is 47.9 Å². The molecule has 0 aliphatic heterocycles. The predicted molar refractivity (Wildman–Crippen MR) is 81.9 cm³/mol. The van der Waals surface area contributed by atoms with Crippen molar-refractivity contribution in [2.45, 2.75) is 32.2 Å². The fraction of sp³-hybridized carbons (Fsp3) is 0.923. The topological polar surface area (TPSA) is 37.3 Å². The van der Waals surface area contributed by atoms with Crippen LogP contribution in [0.15, 0.2) is 4.99 Å². The van der Waals surface area contributed by atoms with Crippen molar-refractivity contribution in [3.63, 3.8) is 0 Å². The minimum Gasteiger partial charge on any atom is -0.357 e. The summed E-state index contributed by atoms with van der Waals surface area (Å²) in [5.74, 6) is 0.989. The highest BCUT2D eigenvalue weighted by Gasteiger charge is 2.10. The van der Waals surface area contributed by atoms with Gasteiger partial charge >= 0.3 is 0 Å². The number of hydrogen-bond donors (Lipinski definition) is 0. The molecule has 6 heteroatoms. The molecule has 2 radical (unpaired) electrons. The number of hydrogen-bond acceptors (Lipinski definition) is 3. The Labute approximate surface area is 120 Å². The minimum absolute atomic E-state index is 0.0199. The predicted octanol–water partition coefficient (Wildman–Crippen LogP) is 1.33. The maximum Gasteiger partial charge on any atom is 0.195 e. The molecule has 0 aromatic carbocycles. The zero-order valence-electron chi connectivity index (χ0n) is 13.3. The molecule has 0 aromatic rings. The number of nitrogens with zero attached hydrogens (tertiary/aromatic N) is 3. The summed E-state index contributed by atoms with van der Waals surface area (Å²) in [6.07, 6.45) is 1.12. The lowest BCUT2D eigenvalue weighted by Gasteiger charge is -2.26. The number of aliphatic imine (C=N–C) groups is 1. The summed E-state index contributed by atoms with van der Waals surface area (Å²) < 4.78 is 11.1. The van der Waals surface area contributed by atoms with Crippen LogP contribution in [0.4, 0.5) is 0 Å². The van der Waals surface area contributed by atoms with Crippen LogP contribution < -0.4 is 0 Å². The molecule has 0 saturated carbocycles. The molecule has 0 unspecified atom stereocenters. The van der Waals surface area contributed by atoms with E-state index in [2.05, 4.69) is 16.9 Å². The van der Waals surface area contributed by atoms with Gasteiger partial charge in [-0.25, -0.2) is 0 Å². The van der Waals surface area contributed by atoms with Gasteiger partial charge in [-0.1, -0.05) is 6.04 Å². The number of rotatable bonds is 9. The maximum absolute atomic E-state index is 5.54. The molecular weight excluding hydrogens is 258 g/mol. The molecule has 0 aliphatic carbocycles. The highest BCUT2D eigenvalue weighted by atomic mass is 28.2. The lowest BCUT2D eigenvalue weighted by Crippen LogP contribution is -2.38. The molecule has 19 heavy (non-hydrogen) atoms. The van der Waals surface area contributed by atoms with Crippen LogP contribution in [-0.2, 0) is 9.47 Å². The standard InChI is InChI=1S/C13H29N3O2Si/c1-7-17-13(18-8-2)19-11-9-10-16(6)12(14-3)15(4)5/h13H,7-11H2,1-6H3. The maximum atomic E-state index is 5.54. The van der Waals surface area contributed by atoms with E-state index >= 15 is 0 Å². The van der Waals surface area contributed by atoms with Gasteiger partial charge in [0.25, 0.3) is 0 Å². The summed E-state index contributed by atoms with van der Waals surface area (Å²) >= 11 is 0. The Morgan fingerprint density at radius 2 is 1.74 bits per heavy atom. The summed E-state index contributed by atoms with van der Waals surface area (Å²) in [5.41, 5.74) is 0. The molecule has 0 amide bonds. The summed E-state index contributed by atoms with van der Waals surface area (Å²) in [6, 6.07) is 1.12. The molecular formula is C13H29N3O2Si. The van der Waals surface area contributed by atoms with Gasteiger partial charge in [0.05, 0.1) is 0 Å². The van der Waals surface area contributed by atoms with E-state index in [1.54, 1.807) is 0 Å². The van der Waals surface area contributed by atoms with Crippen molar-refractivity contribution in [2.24, 2.45) is 4.99 Å². The third kappa shape index (κ3) is 8.23. The average Bonchev–Trinajstić information content (AvgIpc) is 2.35. The Balaban J connectivity index is 3.89. The Morgan fingerprint density at radius 3 is 2.16 bits per heavy atom. The molecule has 5 nitrogen and oxygen atoms in total. The highest BCUT2D eigenvalue weighted by molar-refractivity contribution is 6.36. The van der Waals surface area contributed by atoms with E-state index in [0.717, 1.165) is 25.0 Å². The first-order chi connectivity index (χ1) is 9.06. The molecule has 0 N–H and O–H groups in total. The van der Waals surface area contributed by atoms with Gasteiger partial charge < -0.3 is 19.3 Å². The second kappa shape index (κ2) is 11.3. The quantitative estimate of drug-likeness (QED) is 0.211. The molecule has 0 atom stereocenters. The summed E-state index contributed by atoms with van der Waals surface area (Å²) in [7, 11) is 8.63. The fourth-order valence-electron chi connectivity index (χ4n) is 1.82. The van der Waals surface area contributed by atoms with E-state index in [9.17, 15) is 0 Å². The molecule has 112 valence electrons. The largest absolute Gasteiger partial charge is 0.357 e. The van der Waals surface area contributed by atoms with Gasteiger partial charge in [0.2, 0.25) is 0 Å². The van der Waals surface area contributed by atoms with Crippen LogP contribution in [0.2, 0.25) is 6.04 Å². The summed E-state index contributed by atoms with van der Waals surface area (Å²) in [6.45, 7) is 6.44. The molecule has 0 fully saturated rings. The van der Waals surface area contributed by atoms with Crippen LogP contribution in [0.1, 0.15) is 20.3 Å². The van der Waals surface area contributed by atoms with Crippen molar-refractivity contribution in [3.8, 4) is 0 Å². The van der Waals surface area contributed by atoms with Crippen LogP contribution >= 0.6 is 0 Å². The molecule has 0 heterocycles. The van der Waals surface area contributed by atoms with E-state index in [-0.39, 0.29) is 5.91 Å². The fourth-order valence-corrected chi connectivity index (χ4v) is 2.98. The van der Waals surface area contributed by atoms with Crippen LogP contribution in [0, 0.1) is 0 Å². The van der Waals surface area contributed by atoms with Crippen molar-refractivity contribution in [1.82, 2.24) is 9.80 Å². The highest BCUT2D eigenvalue weighted by Crippen LogP contribution is 2.01.